The fraction of sp³-hybridized carbons (Fsp3) is 0.0588. The first-order valence-corrected chi connectivity index (χ1v) is 7.10. The lowest BCUT2D eigenvalue weighted by molar-refractivity contribution is -0.111. The normalized spacial score (nSPS) is 10.8. The van der Waals surface area contributed by atoms with Crippen molar-refractivity contribution >= 4 is 17.7 Å². The van der Waals surface area contributed by atoms with Gasteiger partial charge in [-0.05, 0) is 53.3 Å². The highest BCUT2D eigenvalue weighted by Gasteiger charge is 2.00. The van der Waals surface area contributed by atoms with Gasteiger partial charge in [0.2, 0.25) is 5.91 Å². The van der Waals surface area contributed by atoms with E-state index >= 15 is 0 Å². The third-order valence-electron chi connectivity index (χ3n) is 3.22. The van der Waals surface area contributed by atoms with E-state index < -0.39 is 0 Å². The van der Waals surface area contributed by atoms with Crippen LogP contribution in [0.25, 0.3) is 11.8 Å². The van der Waals surface area contributed by atoms with Gasteiger partial charge in [-0.15, -0.1) is 5.10 Å². The maximum Gasteiger partial charge on any atom is 0.248 e. The minimum Gasteiger partial charge on any atom is -0.323 e. The Kier molecular flexibility index (Phi) is 4.24. The summed E-state index contributed by atoms with van der Waals surface area (Å²) >= 11 is 0. The summed E-state index contributed by atoms with van der Waals surface area (Å²) in [4.78, 5) is 11.9. The lowest BCUT2D eigenvalue weighted by Crippen LogP contribution is -2.07. The SMILES string of the molecule is Cc1cccc(/C=C/C(=O)Nc2ccc(-n3cnnn3)cc2)c1. The number of amides is 1. The zero-order valence-electron chi connectivity index (χ0n) is 12.5. The zero-order valence-corrected chi connectivity index (χ0v) is 12.5. The van der Waals surface area contributed by atoms with E-state index in [0.29, 0.717) is 5.69 Å². The molecule has 2 aromatic carbocycles. The van der Waals surface area contributed by atoms with E-state index in [0.717, 1.165) is 16.8 Å². The van der Waals surface area contributed by atoms with Crippen molar-refractivity contribution in [2.45, 2.75) is 6.92 Å². The number of benzene rings is 2. The molecule has 1 N–H and O–H groups in total. The van der Waals surface area contributed by atoms with E-state index in [1.54, 1.807) is 22.9 Å². The summed E-state index contributed by atoms with van der Waals surface area (Å²) < 4.78 is 1.54. The van der Waals surface area contributed by atoms with Crippen LogP contribution < -0.4 is 5.32 Å². The molecule has 0 atom stereocenters. The lowest BCUT2D eigenvalue weighted by Gasteiger charge is -2.04. The number of aryl methyl sites for hydroxylation is 1. The number of rotatable bonds is 4. The van der Waals surface area contributed by atoms with Gasteiger partial charge in [-0.25, -0.2) is 4.68 Å². The van der Waals surface area contributed by atoms with Crippen LogP contribution in [0, 0.1) is 6.92 Å². The summed E-state index contributed by atoms with van der Waals surface area (Å²) in [6.45, 7) is 2.02. The van der Waals surface area contributed by atoms with Crippen molar-refractivity contribution in [2.24, 2.45) is 0 Å². The van der Waals surface area contributed by atoms with Crippen molar-refractivity contribution in [2.75, 3.05) is 5.32 Å². The number of hydrogen-bond donors (Lipinski definition) is 1. The highest BCUT2D eigenvalue weighted by molar-refractivity contribution is 6.01. The van der Waals surface area contributed by atoms with Crippen molar-refractivity contribution in [3.8, 4) is 5.69 Å². The molecule has 0 bridgehead atoms. The Morgan fingerprint density at radius 3 is 2.70 bits per heavy atom. The van der Waals surface area contributed by atoms with Crippen LogP contribution in [0.2, 0.25) is 0 Å². The zero-order chi connectivity index (χ0) is 16.1. The topological polar surface area (TPSA) is 72.7 Å². The molecule has 6 nitrogen and oxygen atoms in total. The van der Waals surface area contributed by atoms with Crippen LogP contribution in [0.1, 0.15) is 11.1 Å². The molecule has 114 valence electrons. The summed E-state index contributed by atoms with van der Waals surface area (Å²) in [5.41, 5.74) is 3.68. The van der Waals surface area contributed by atoms with Crippen molar-refractivity contribution in [3.63, 3.8) is 0 Å². The number of anilines is 1. The number of aromatic nitrogens is 4. The number of tetrazole rings is 1. The summed E-state index contributed by atoms with van der Waals surface area (Å²) in [5.74, 6) is -0.179. The van der Waals surface area contributed by atoms with Gasteiger partial charge in [-0.2, -0.15) is 0 Å². The van der Waals surface area contributed by atoms with E-state index in [2.05, 4.69) is 20.8 Å². The molecule has 0 aliphatic heterocycles. The first-order chi connectivity index (χ1) is 11.2. The van der Waals surface area contributed by atoms with E-state index in [-0.39, 0.29) is 5.91 Å². The minimum absolute atomic E-state index is 0.179. The standard InChI is InChI=1S/C17H15N5O/c1-13-3-2-4-14(11-13)5-10-17(23)19-15-6-8-16(9-7-15)22-12-18-20-21-22/h2-12H,1H3,(H,19,23)/b10-5+. The smallest absolute Gasteiger partial charge is 0.248 e. The van der Waals surface area contributed by atoms with Crippen LogP contribution in [0.3, 0.4) is 0 Å². The van der Waals surface area contributed by atoms with Crippen molar-refractivity contribution < 1.29 is 4.79 Å². The average Bonchev–Trinajstić information content (AvgIpc) is 3.08. The Balaban J connectivity index is 1.64. The van der Waals surface area contributed by atoms with E-state index in [1.807, 2.05) is 43.3 Å². The van der Waals surface area contributed by atoms with Gasteiger partial charge in [-0.3, -0.25) is 4.79 Å². The van der Waals surface area contributed by atoms with Crippen molar-refractivity contribution in [1.29, 1.82) is 0 Å². The molecule has 0 saturated carbocycles. The number of nitrogens with one attached hydrogen (secondary N) is 1. The second-order valence-corrected chi connectivity index (χ2v) is 5.04. The van der Waals surface area contributed by atoms with Gasteiger partial charge in [0.25, 0.3) is 0 Å². The molecular formula is C17H15N5O. The van der Waals surface area contributed by atoms with Crippen LogP contribution in [0.4, 0.5) is 5.69 Å². The number of hydrogen-bond acceptors (Lipinski definition) is 4. The molecule has 1 heterocycles. The Labute approximate surface area is 133 Å². The number of carbonyl (C=O) groups excluding carboxylic acids is 1. The third kappa shape index (κ3) is 3.88. The molecule has 0 aliphatic carbocycles. The predicted octanol–water partition coefficient (Wildman–Crippen LogP) is 2.62. The minimum atomic E-state index is -0.179. The summed E-state index contributed by atoms with van der Waals surface area (Å²) in [5, 5.41) is 13.8. The molecule has 3 rings (SSSR count). The van der Waals surface area contributed by atoms with Gasteiger partial charge in [0.05, 0.1) is 5.69 Å². The van der Waals surface area contributed by atoms with E-state index in [9.17, 15) is 4.79 Å². The van der Waals surface area contributed by atoms with E-state index in [4.69, 9.17) is 0 Å². The van der Waals surface area contributed by atoms with Crippen LogP contribution in [-0.4, -0.2) is 26.1 Å². The largest absolute Gasteiger partial charge is 0.323 e. The molecule has 0 unspecified atom stereocenters. The van der Waals surface area contributed by atoms with Crippen molar-refractivity contribution in [1.82, 2.24) is 20.2 Å². The second kappa shape index (κ2) is 6.65. The summed E-state index contributed by atoms with van der Waals surface area (Å²) in [7, 11) is 0. The van der Waals surface area contributed by atoms with Gasteiger partial charge in [-0.1, -0.05) is 29.8 Å². The lowest BCUT2D eigenvalue weighted by atomic mass is 10.1. The Hall–Kier alpha value is -3.28. The molecule has 6 heteroatoms. The molecule has 0 fully saturated rings. The van der Waals surface area contributed by atoms with Crippen LogP contribution in [0.15, 0.2) is 60.9 Å². The quantitative estimate of drug-likeness (QED) is 0.752. The van der Waals surface area contributed by atoms with Gasteiger partial charge in [0, 0.05) is 11.8 Å². The van der Waals surface area contributed by atoms with Crippen LogP contribution in [-0.2, 0) is 4.79 Å². The Bertz CT molecular complexity index is 822. The second-order valence-electron chi connectivity index (χ2n) is 5.04. The van der Waals surface area contributed by atoms with Gasteiger partial charge in [0.15, 0.2) is 0 Å². The van der Waals surface area contributed by atoms with Crippen LogP contribution >= 0.6 is 0 Å². The van der Waals surface area contributed by atoms with Crippen LogP contribution in [0.5, 0.6) is 0 Å². The van der Waals surface area contributed by atoms with Gasteiger partial charge in [0.1, 0.15) is 6.33 Å². The maximum absolute atomic E-state index is 11.9. The average molecular weight is 305 g/mol. The molecule has 0 saturated heterocycles. The monoisotopic (exact) mass is 305 g/mol. The first-order valence-electron chi connectivity index (χ1n) is 7.10. The van der Waals surface area contributed by atoms with E-state index in [1.165, 1.54) is 12.4 Å². The van der Waals surface area contributed by atoms with Gasteiger partial charge < -0.3 is 5.32 Å². The Morgan fingerprint density at radius 2 is 2.00 bits per heavy atom. The molecule has 3 aromatic rings. The highest BCUT2D eigenvalue weighted by atomic mass is 16.1. The summed E-state index contributed by atoms with van der Waals surface area (Å²) in [6, 6.07) is 15.2. The fourth-order valence-electron chi connectivity index (χ4n) is 2.11. The number of nitrogens with zero attached hydrogens (tertiary/aromatic N) is 4. The predicted molar refractivity (Wildman–Crippen MR) is 88.0 cm³/mol. The molecule has 1 aromatic heterocycles. The van der Waals surface area contributed by atoms with Crippen molar-refractivity contribution in [3.05, 3.63) is 72.1 Å². The highest BCUT2D eigenvalue weighted by Crippen LogP contribution is 2.12. The fourth-order valence-corrected chi connectivity index (χ4v) is 2.11. The molecule has 23 heavy (non-hydrogen) atoms. The van der Waals surface area contributed by atoms with Gasteiger partial charge >= 0.3 is 0 Å². The first kappa shape index (κ1) is 14.6. The molecular weight excluding hydrogens is 290 g/mol. The third-order valence-corrected chi connectivity index (χ3v) is 3.22. The molecule has 1 amide bonds. The maximum atomic E-state index is 11.9. The molecule has 0 radical (unpaired) electrons. The number of carbonyl (C=O) groups is 1. The molecule has 0 spiro atoms. The molecule has 0 aliphatic rings. The Morgan fingerprint density at radius 1 is 1.17 bits per heavy atom. The summed E-state index contributed by atoms with van der Waals surface area (Å²) in [6.07, 6.45) is 4.82.